The van der Waals surface area contributed by atoms with Crippen LogP contribution in [0.5, 0.6) is 5.75 Å². The molecule has 1 N–H and O–H groups in total. The van der Waals surface area contributed by atoms with Gasteiger partial charge in [0, 0.05) is 22.6 Å². The van der Waals surface area contributed by atoms with Crippen molar-refractivity contribution >= 4 is 39.1 Å². The monoisotopic (exact) mass is 510 g/mol. The van der Waals surface area contributed by atoms with Crippen LogP contribution in [0, 0.1) is 0 Å². The van der Waals surface area contributed by atoms with Gasteiger partial charge in [0.1, 0.15) is 5.75 Å². The number of nitrogens with zero attached hydrogens (tertiary/aromatic N) is 1. The second-order valence-corrected chi connectivity index (χ2v) is 8.35. The third kappa shape index (κ3) is 4.78. The molecular formula is C26H24BrFN2O3. The molecule has 33 heavy (non-hydrogen) atoms. The molecule has 2 amide bonds. The van der Waals surface area contributed by atoms with E-state index in [0.29, 0.717) is 28.7 Å². The average Bonchev–Trinajstić information content (AvgIpc) is 3.01. The number of ether oxygens (including phenoxy) is 1. The van der Waals surface area contributed by atoms with Crippen molar-refractivity contribution in [2.24, 2.45) is 0 Å². The van der Waals surface area contributed by atoms with E-state index < -0.39 is 12.2 Å². The summed E-state index contributed by atoms with van der Waals surface area (Å²) in [6, 6.07) is 19.5. The van der Waals surface area contributed by atoms with Crippen LogP contribution in [0.25, 0.3) is 0 Å². The van der Waals surface area contributed by atoms with E-state index in [2.05, 4.69) is 21.2 Å². The number of halogens is 2. The van der Waals surface area contributed by atoms with Crippen molar-refractivity contribution in [3.8, 4) is 5.75 Å². The number of hydrogen-bond donors (Lipinski definition) is 1. The highest BCUT2D eigenvalue weighted by molar-refractivity contribution is 9.08. The second kappa shape index (κ2) is 10.2. The molecule has 5 nitrogen and oxygen atoms in total. The number of carbonyl (C=O) groups excluding carboxylic acids is 2. The summed E-state index contributed by atoms with van der Waals surface area (Å²) in [4.78, 5) is 27.5. The molecule has 0 aliphatic carbocycles. The zero-order valence-corrected chi connectivity index (χ0v) is 19.8. The molecule has 0 radical (unpaired) electrons. The quantitative estimate of drug-likeness (QED) is 0.332. The van der Waals surface area contributed by atoms with Crippen LogP contribution in [0.3, 0.4) is 0 Å². The van der Waals surface area contributed by atoms with E-state index in [1.54, 1.807) is 42.5 Å². The van der Waals surface area contributed by atoms with Gasteiger partial charge in [-0.2, -0.15) is 0 Å². The van der Waals surface area contributed by atoms with Crippen LogP contribution in [0.15, 0.2) is 66.7 Å². The number of nitrogens with one attached hydrogen (secondary N) is 1. The Balaban J connectivity index is 1.63. The first-order valence-electron chi connectivity index (χ1n) is 10.7. The van der Waals surface area contributed by atoms with Gasteiger partial charge in [-0.1, -0.05) is 52.3 Å². The van der Waals surface area contributed by atoms with Crippen LogP contribution >= 0.6 is 15.9 Å². The van der Waals surface area contributed by atoms with Gasteiger partial charge in [0.2, 0.25) is 0 Å². The molecule has 4 rings (SSSR count). The summed E-state index contributed by atoms with van der Waals surface area (Å²) in [6.45, 7) is 0. The number of rotatable bonds is 5. The van der Waals surface area contributed by atoms with E-state index in [0.717, 1.165) is 17.5 Å². The van der Waals surface area contributed by atoms with Crippen molar-refractivity contribution in [3.05, 3.63) is 89.0 Å². The predicted molar refractivity (Wildman–Crippen MR) is 131 cm³/mol. The van der Waals surface area contributed by atoms with Gasteiger partial charge in [-0.3, -0.25) is 14.5 Å². The highest BCUT2D eigenvalue weighted by atomic mass is 79.9. The molecule has 1 aliphatic rings. The molecule has 3 aromatic rings. The third-order valence-corrected chi connectivity index (χ3v) is 6.34. The minimum atomic E-state index is -1.43. The Bertz CT molecular complexity index is 1180. The lowest BCUT2D eigenvalue weighted by Crippen LogP contribution is -2.38. The van der Waals surface area contributed by atoms with Crippen LogP contribution in [-0.4, -0.2) is 25.2 Å². The van der Waals surface area contributed by atoms with Gasteiger partial charge in [-0.05, 0) is 54.7 Å². The largest absolute Gasteiger partial charge is 0.496 e. The van der Waals surface area contributed by atoms with E-state index in [1.807, 2.05) is 24.3 Å². The molecular weight excluding hydrogens is 487 g/mol. The van der Waals surface area contributed by atoms with Crippen molar-refractivity contribution in [1.29, 1.82) is 0 Å². The molecule has 1 heterocycles. The molecule has 0 spiro atoms. The molecule has 0 aromatic heterocycles. The highest BCUT2D eigenvalue weighted by Crippen LogP contribution is 2.34. The number of carbonyl (C=O) groups is 2. The number of amides is 2. The van der Waals surface area contributed by atoms with Gasteiger partial charge in [0.05, 0.1) is 18.4 Å². The van der Waals surface area contributed by atoms with Gasteiger partial charge in [-0.25, -0.2) is 4.39 Å². The van der Waals surface area contributed by atoms with Gasteiger partial charge in [0.25, 0.3) is 11.8 Å². The Morgan fingerprint density at radius 2 is 1.85 bits per heavy atom. The zero-order valence-electron chi connectivity index (χ0n) is 18.2. The molecule has 0 saturated heterocycles. The lowest BCUT2D eigenvalue weighted by molar-refractivity contribution is 0.0945. The van der Waals surface area contributed by atoms with E-state index in [4.69, 9.17) is 4.74 Å². The maximum atomic E-state index is 15.1. The van der Waals surface area contributed by atoms with E-state index in [-0.39, 0.29) is 23.6 Å². The standard InChI is InChI=1S/C26H24BrFN2O3/c1-33-23-15-19(29-25(31)20-10-4-2-8-18(20)16-27)13-14-21(23)26(32)30-22-11-5-3-7-17(22)9-6-12-24(30)28/h2-5,7-8,10-11,13-15,24H,6,9,12,16H2,1H3,(H,29,31). The highest BCUT2D eigenvalue weighted by Gasteiger charge is 2.31. The number of methoxy groups -OCH3 is 1. The summed E-state index contributed by atoms with van der Waals surface area (Å²) in [5.74, 6) is -0.479. The second-order valence-electron chi connectivity index (χ2n) is 7.79. The van der Waals surface area contributed by atoms with Crippen molar-refractivity contribution < 1.29 is 18.7 Å². The first-order chi connectivity index (χ1) is 16.0. The lowest BCUT2D eigenvalue weighted by atomic mass is 10.1. The molecule has 0 fully saturated rings. The topological polar surface area (TPSA) is 58.6 Å². The molecule has 0 bridgehead atoms. The van der Waals surface area contributed by atoms with Crippen molar-refractivity contribution in [2.75, 3.05) is 17.3 Å². The number of alkyl halides is 2. The fraction of sp³-hybridized carbons (Fsp3) is 0.231. The number of anilines is 2. The summed E-state index contributed by atoms with van der Waals surface area (Å²) in [7, 11) is 1.45. The predicted octanol–water partition coefficient (Wildman–Crippen LogP) is 6.12. The number of fused-ring (bicyclic) bond motifs is 1. The summed E-state index contributed by atoms with van der Waals surface area (Å²) >= 11 is 3.40. The fourth-order valence-corrected chi connectivity index (χ4v) is 4.56. The molecule has 0 saturated carbocycles. The smallest absolute Gasteiger partial charge is 0.264 e. The van der Waals surface area contributed by atoms with Gasteiger partial charge in [0.15, 0.2) is 6.30 Å². The average molecular weight is 511 g/mol. The molecule has 3 aromatic carbocycles. The maximum absolute atomic E-state index is 15.1. The minimum absolute atomic E-state index is 0.232. The normalized spacial score (nSPS) is 15.4. The molecule has 7 heteroatoms. The van der Waals surface area contributed by atoms with Crippen molar-refractivity contribution in [3.63, 3.8) is 0 Å². The van der Waals surface area contributed by atoms with Crippen LogP contribution < -0.4 is 15.0 Å². The van der Waals surface area contributed by atoms with Crippen molar-refractivity contribution in [2.45, 2.75) is 30.9 Å². The third-order valence-electron chi connectivity index (χ3n) is 5.73. The fourth-order valence-electron chi connectivity index (χ4n) is 4.07. The van der Waals surface area contributed by atoms with Crippen LogP contribution in [0.2, 0.25) is 0 Å². The maximum Gasteiger partial charge on any atom is 0.264 e. The summed E-state index contributed by atoms with van der Waals surface area (Å²) in [5.41, 5.74) is 3.65. The lowest BCUT2D eigenvalue weighted by Gasteiger charge is -2.27. The van der Waals surface area contributed by atoms with Crippen molar-refractivity contribution in [1.82, 2.24) is 0 Å². The Morgan fingerprint density at radius 1 is 1.09 bits per heavy atom. The van der Waals surface area contributed by atoms with Gasteiger partial charge in [-0.15, -0.1) is 0 Å². The summed E-state index contributed by atoms with van der Waals surface area (Å²) in [6.07, 6.45) is 0.230. The van der Waals surface area contributed by atoms with Crippen LogP contribution in [0.4, 0.5) is 15.8 Å². The first-order valence-corrected chi connectivity index (χ1v) is 11.8. The van der Waals surface area contributed by atoms with E-state index >= 15 is 4.39 Å². The minimum Gasteiger partial charge on any atom is -0.496 e. The van der Waals surface area contributed by atoms with Crippen LogP contribution in [-0.2, 0) is 11.8 Å². The molecule has 1 unspecified atom stereocenters. The summed E-state index contributed by atoms with van der Waals surface area (Å²) < 4.78 is 20.5. The SMILES string of the molecule is COc1cc(NC(=O)c2ccccc2CBr)ccc1C(=O)N1c2ccccc2CCCC1F. The Labute approximate surface area is 200 Å². The van der Waals surface area contributed by atoms with Gasteiger partial charge < -0.3 is 10.1 Å². The first kappa shape index (κ1) is 23.0. The molecule has 170 valence electrons. The Hall–Kier alpha value is -3.19. The number of hydrogen-bond acceptors (Lipinski definition) is 3. The Morgan fingerprint density at radius 3 is 2.64 bits per heavy atom. The molecule has 1 aliphatic heterocycles. The van der Waals surface area contributed by atoms with Crippen LogP contribution in [0.1, 0.15) is 44.7 Å². The number of benzene rings is 3. The van der Waals surface area contributed by atoms with E-state index in [9.17, 15) is 9.59 Å². The summed E-state index contributed by atoms with van der Waals surface area (Å²) in [5, 5.41) is 3.40. The van der Waals surface area contributed by atoms with Gasteiger partial charge >= 0.3 is 0 Å². The van der Waals surface area contributed by atoms with E-state index in [1.165, 1.54) is 12.0 Å². The number of aryl methyl sites for hydroxylation is 1. The Kier molecular flexibility index (Phi) is 7.08. The zero-order chi connectivity index (χ0) is 23.4. The molecule has 1 atom stereocenters. The number of para-hydroxylation sites is 1.